The number of rotatable bonds is 8. The highest BCUT2D eigenvalue weighted by molar-refractivity contribution is 7.92. The molecule has 0 saturated heterocycles. The third-order valence-corrected chi connectivity index (χ3v) is 5.30. The Morgan fingerprint density at radius 2 is 1.86 bits per heavy atom. The predicted octanol–water partition coefficient (Wildman–Crippen LogP) is -0.452. The van der Waals surface area contributed by atoms with Gasteiger partial charge >= 0.3 is 0 Å². The van der Waals surface area contributed by atoms with Crippen LogP contribution in [0.15, 0.2) is 23.1 Å². The standard InChI is InChI=1S/C13H21NO6S/c1-19-12-4-3-10(6-13(12)20-2)21(17,18)11(7-14)5-9(16)8-15/h3-4,6,9,11,15-16H,5,7-8,14H2,1-2H3. The monoisotopic (exact) mass is 319 g/mol. The van der Waals surface area contributed by atoms with E-state index in [-0.39, 0.29) is 23.6 Å². The third-order valence-electron chi connectivity index (χ3n) is 3.13. The first kappa shape index (κ1) is 17.7. The zero-order valence-electron chi connectivity index (χ0n) is 12.0. The van der Waals surface area contributed by atoms with Crippen molar-refractivity contribution in [2.75, 3.05) is 27.4 Å². The number of hydrogen-bond donors (Lipinski definition) is 3. The fraction of sp³-hybridized carbons (Fsp3) is 0.538. The van der Waals surface area contributed by atoms with Gasteiger partial charge in [-0.1, -0.05) is 0 Å². The van der Waals surface area contributed by atoms with Crippen LogP contribution in [0.3, 0.4) is 0 Å². The summed E-state index contributed by atoms with van der Waals surface area (Å²) in [6.45, 7) is -0.675. The molecule has 0 radical (unpaired) electrons. The molecule has 0 aliphatic heterocycles. The average molecular weight is 319 g/mol. The van der Waals surface area contributed by atoms with Crippen molar-refractivity contribution in [3.63, 3.8) is 0 Å². The highest BCUT2D eigenvalue weighted by atomic mass is 32.2. The van der Waals surface area contributed by atoms with Gasteiger partial charge in [-0.2, -0.15) is 0 Å². The molecule has 2 atom stereocenters. The van der Waals surface area contributed by atoms with E-state index in [0.29, 0.717) is 5.75 Å². The minimum absolute atomic E-state index is 0.0285. The van der Waals surface area contributed by atoms with Crippen molar-refractivity contribution < 1.29 is 28.1 Å². The molecule has 2 unspecified atom stereocenters. The largest absolute Gasteiger partial charge is 0.493 e. The number of aliphatic hydroxyl groups is 2. The molecule has 0 heterocycles. The van der Waals surface area contributed by atoms with Crippen molar-refractivity contribution in [2.45, 2.75) is 22.7 Å². The number of nitrogens with two attached hydrogens (primary N) is 1. The Morgan fingerprint density at radius 1 is 1.24 bits per heavy atom. The molecule has 1 aromatic carbocycles. The van der Waals surface area contributed by atoms with E-state index < -0.39 is 27.8 Å². The molecule has 0 aromatic heterocycles. The summed E-state index contributed by atoms with van der Waals surface area (Å²) in [4.78, 5) is 0.0285. The van der Waals surface area contributed by atoms with Crippen LogP contribution in [-0.2, 0) is 9.84 Å². The SMILES string of the molecule is COc1ccc(S(=O)(=O)C(CN)CC(O)CO)cc1OC. The zero-order chi connectivity index (χ0) is 16.0. The van der Waals surface area contributed by atoms with Gasteiger partial charge < -0.3 is 25.4 Å². The van der Waals surface area contributed by atoms with E-state index in [4.69, 9.17) is 20.3 Å². The molecule has 0 bridgehead atoms. The van der Waals surface area contributed by atoms with Crippen molar-refractivity contribution in [1.29, 1.82) is 0 Å². The summed E-state index contributed by atoms with van der Waals surface area (Å²) in [6, 6.07) is 4.23. The number of hydrogen-bond acceptors (Lipinski definition) is 7. The van der Waals surface area contributed by atoms with Gasteiger partial charge in [-0.25, -0.2) is 8.42 Å². The summed E-state index contributed by atoms with van der Waals surface area (Å²) in [5, 5.41) is 17.3. The maximum absolute atomic E-state index is 12.5. The van der Waals surface area contributed by atoms with E-state index in [1.165, 1.54) is 32.4 Å². The number of aliphatic hydroxyl groups excluding tert-OH is 2. The lowest BCUT2D eigenvalue weighted by Gasteiger charge is -2.19. The fourth-order valence-corrected chi connectivity index (χ4v) is 3.56. The zero-order valence-corrected chi connectivity index (χ0v) is 12.8. The second-order valence-corrected chi connectivity index (χ2v) is 6.72. The van der Waals surface area contributed by atoms with Crippen LogP contribution in [0.4, 0.5) is 0 Å². The van der Waals surface area contributed by atoms with Crippen molar-refractivity contribution in [3.05, 3.63) is 18.2 Å². The Morgan fingerprint density at radius 3 is 2.33 bits per heavy atom. The van der Waals surface area contributed by atoms with Gasteiger partial charge in [0.2, 0.25) is 0 Å². The molecule has 8 heteroatoms. The first-order valence-electron chi connectivity index (χ1n) is 6.35. The highest BCUT2D eigenvalue weighted by Gasteiger charge is 2.29. The molecule has 0 aliphatic carbocycles. The molecule has 0 aliphatic rings. The number of benzene rings is 1. The molecule has 1 aromatic rings. The lowest BCUT2D eigenvalue weighted by molar-refractivity contribution is 0.0877. The van der Waals surface area contributed by atoms with E-state index in [0.717, 1.165) is 0 Å². The molecule has 4 N–H and O–H groups in total. The summed E-state index contributed by atoms with van der Waals surface area (Å²) >= 11 is 0. The number of sulfone groups is 1. The van der Waals surface area contributed by atoms with Gasteiger partial charge in [0.1, 0.15) is 0 Å². The summed E-state index contributed by atoms with van der Waals surface area (Å²) in [5.41, 5.74) is 5.50. The molecule has 0 amide bonds. The van der Waals surface area contributed by atoms with Gasteiger partial charge in [-0.15, -0.1) is 0 Å². The quantitative estimate of drug-likeness (QED) is 0.593. The Balaban J connectivity index is 3.16. The van der Waals surface area contributed by atoms with E-state index in [2.05, 4.69) is 0 Å². The number of methoxy groups -OCH3 is 2. The van der Waals surface area contributed by atoms with E-state index in [9.17, 15) is 13.5 Å². The smallest absolute Gasteiger partial charge is 0.182 e. The second kappa shape index (κ2) is 7.60. The van der Waals surface area contributed by atoms with Gasteiger partial charge in [-0.05, 0) is 18.6 Å². The Labute approximate surface area is 124 Å². The van der Waals surface area contributed by atoms with Crippen molar-refractivity contribution in [3.8, 4) is 11.5 Å². The molecule has 0 fully saturated rings. The average Bonchev–Trinajstić information content (AvgIpc) is 2.51. The van der Waals surface area contributed by atoms with Crippen LogP contribution in [0.2, 0.25) is 0 Å². The van der Waals surface area contributed by atoms with Crippen molar-refractivity contribution in [2.24, 2.45) is 5.73 Å². The van der Waals surface area contributed by atoms with Gasteiger partial charge in [0, 0.05) is 12.6 Å². The van der Waals surface area contributed by atoms with Crippen LogP contribution in [0.5, 0.6) is 11.5 Å². The maximum atomic E-state index is 12.5. The summed E-state index contributed by atoms with van der Waals surface area (Å²) in [7, 11) is -0.888. The first-order chi connectivity index (χ1) is 9.90. The molecule has 21 heavy (non-hydrogen) atoms. The second-order valence-electron chi connectivity index (χ2n) is 4.49. The molecular formula is C13H21NO6S. The maximum Gasteiger partial charge on any atom is 0.182 e. The highest BCUT2D eigenvalue weighted by Crippen LogP contribution is 2.31. The first-order valence-corrected chi connectivity index (χ1v) is 7.90. The van der Waals surface area contributed by atoms with Crippen molar-refractivity contribution >= 4 is 9.84 Å². The molecule has 7 nitrogen and oxygen atoms in total. The summed E-state index contributed by atoms with van der Waals surface area (Å²) in [6.07, 6.45) is -1.27. The van der Waals surface area contributed by atoms with E-state index in [1.807, 2.05) is 0 Å². The predicted molar refractivity (Wildman–Crippen MR) is 77.3 cm³/mol. The Hall–Kier alpha value is -1.35. The minimum atomic E-state index is -3.75. The summed E-state index contributed by atoms with van der Waals surface area (Å²) in [5.74, 6) is 0.702. The van der Waals surface area contributed by atoms with Crippen LogP contribution >= 0.6 is 0 Å². The van der Waals surface area contributed by atoms with Crippen molar-refractivity contribution in [1.82, 2.24) is 0 Å². The summed E-state index contributed by atoms with van der Waals surface area (Å²) < 4.78 is 35.2. The fourth-order valence-electron chi connectivity index (χ4n) is 1.91. The molecule has 120 valence electrons. The lowest BCUT2D eigenvalue weighted by Crippen LogP contribution is -2.34. The van der Waals surface area contributed by atoms with Crippen LogP contribution in [-0.4, -0.2) is 57.4 Å². The lowest BCUT2D eigenvalue weighted by atomic mass is 10.2. The molecule has 1 rings (SSSR count). The number of ether oxygens (including phenoxy) is 2. The van der Waals surface area contributed by atoms with Crippen LogP contribution < -0.4 is 15.2 Å². The van der Waals surface area contributed by atoms with Crippen LogP contribution in [0, 0.1) is 0 Å². The molecular weight excluding hydrogens is 298 g/mol. The van der Waals surface area contributed by atoms with Gasteiger partial charge in [-0.3, -0.25) is 0 Å². The van der Waals surface area contributed by atoms with Gasteiger partial charge in [0.05, 0.1) is 37.1 Å². The topological polar surface area (TPSA) is 119 Å². The Kier molecular flexibility index (Phi) is 6.41. The van der Waals surface area contributed by atoms with Gasteiger partial charge in [0.15, 0.2) is 21.3 Å². The van der Waals surface area contributed by atoms with E-state index >= 15 is 0 Å². The van der Waals surface area contributed by atoms with Crippen LogP contribution in [0.1, 0.15) is 6.42 Å². The van der Waals surface area contributed by atoms with Gasteiger partial charge in [0.25, 0.3) is 0 Å². The van der Waals surface area contributed by atoms with E-state index in [1.54, 1.807) is 0 Å². The molecule has 0 saturated carbocycles. The Bertz CT molecular complexity index is 560. The molecule has 0 spiro atoms. The third kappa shape index (κ3) is 4.07. The minimum Gasteiger partial charge on any atom is -0.493 e. The normalized spacial score (nSPS) is 14.5. The van der Waals surface area contributed by atoms with Crippen LogP contribution in [0.25, 0.3) is 0 Å².